The summed E-state index contributed by atoms with van der Waals surface area (Å²) in [6.45, 7) is 8.90. The van der Waals surface area contributed by atoms with Gasteiger partial charge in [0.2, 0.25) is 0 Å². The number of carbonyl (C=O) groups is 2. The van der Waals surface area contributed by atoms with Gasteiger partial charge in [0, 0.05) is 42.9 Å². The molecule has 1 aliphatic heterocycles. The van der Waals surface area contributed by atoms with Gasteiger partial charge in [-0.2, -0.15) is 0 Å². The van der Waals surface area contributed by atoms with Crippen LogP contribution in [0.3, 0.4) is 0 Å². The van der Waals surface area contributed by atoms with E-state index in [-0.39, 0.29) is 0 Å². The highest BCUT2D eigenvalue weighted by Crippen LogP contribution is 2.27. The summed E-state index contributed by atoms with van der Waals surface area (Å²) in [5.74, 6) is -0.0844. The Labute approximate surface area is 178 Å². The molecule has 0 bridgehead atoms. The Morgan fingerprint density at radius 2 is 1.73 bits per heavy atom. The van der Waals surface area contributed by atoms with E-state index >= 15 is 0 Å². The van der Waals surface area contributed by atoms with Crippen molar-refractivity contribution in [3.8, 4) is 11.5 Å². The summed E-state index contributed by atoms with van der Waals surface area (Å²) in [6.07, 6.45) is 3.57. The number of methoxy groups -OCH3 is 2. The summed E-state index contributed by atoms with van der Waals surface area (Å²) < 4.78 is 10.9. The van der Waals surface area contributed by atoms with Gasteiger partial charge in [0.15, 0.2) is 0 Å². The lowest BCUT2D eigenvalue weighted by atomic mass is 10.0. The highest BCUT2D eigenvalue weighted by Gasteiger charge is 2.22. The summed E-state index contributed by atoms with van der Waals surface area (Å²) in [4.78, 5) is 21.7. The van der Waals surface area contributed by atoms with Crippen molar-refractivity contribution in [2.45, 2.75) is 39.3 Å². The predicted molar refractivity (Wildman–Crippen MR) is 115 cm³/mol. The third kappa shape index (κ3) is 9.76. The zero-order chi connectivity index (χ0) is 22.5. The maximum Gasteiger partial charge on any atom is 0.328 e. The standard InChI is InChI=1S/C18H30N2O2.C4H4O4/c1-14(2)12-20(16-7-9-19-10-8-16)13-15-5-6-17(21-3)11-18(15)22-4;5-3(6)1-2-4(7)8/h5-6,11,14,16,19H,7-10,12-13H2,1-4H3;1-2H,(H,5,6)(H,7,8)/b;2-1+. The van der Waals surface area contributed by atoms with E-state index in [9.17, 15) is 9.59 Å². The first-order valence-corrected chi connectivity index (χ1v) is 10.1. The van der Waals surface area contributed by atoms with Crippen LogP contribution in [0, 0.1) is 5.92 Å². The molecule has 168 valence electrons. The van der Waals surface area contributed by atoms with Crippen LogP contribution in [-0.4, -0.2) is 66.9 Å². The van der Waals surface area contributed by atoms with E-state index < -0.39 is 11.9 Å². The second kappa shape index (κ2) is 13.6. The highest BCUT2D eigenvalue weighted by atomic mass is 16.5. The fraction of sp³-hybridized carbons (Fsp3) is 0.545. The molecular weight excluding hydrogens is 388 g/mol. The lowest BCUT2D eigenvalue weighted by Gasteiger charge is -2.36. The molecule has 0 amide bonds. The predicted octanol–water partition coefficient (Wildman–Crippen LogP) is 2.63. The van der Waals surface area contributed by atoms with Crippen molar-refractivity contribution in [2.75, 3.05) is 33.9 Å². The minimum Gasteiger partial charge on any atom is -0.497 e. The molecular formula is C22H34N2O6. The summed E-state index contributed by atoms with van der Waals surface area (Å²) in [5, 5.41) is 19.1. The van der Waals surface area contributed by atoms with E-state index in [0.29, 0.717) is 24.1 Å². The molecule has 1 aromatic rings. The van der Waals surface area contributed by atoms with Gasteiger partial charge in [0.25, 0.3) is 0 Å². The number of nitrogens with zero attached hydrogens (tertiary/aromatic N) is 1. The lowest BCUT2D eigenvalue weighted by Crippen LogP contribution is -2.44. The molecule has 1 fully saturated rings. The quantitative estimate of drug-likeness (QED) is 0.521. The van der Waals surface area contributed by atoms with Crippen molar-refractivity contribution in [1.29, 1.82) is 0 Å². The van der Waals surface area contributed by atoms with Gasteiger partial charge in [-0.25, -0.2) is 9.59 Å². The summed E-state index contributed by atoms with van der Waals surface area (Å²) in [5.41, 5.74) is 1.24. The Balaban J connectivity index is 0.000000479. The Hall–Kier alpha value is -2.58. The van der Waals surface area contributed by atoms with Gasteiger partial charge >= 0.3 is 11.9 Å². The van der Waals surface area contributed by atoms with Crippen LogP contribution in [0.1, 0.15) is 32.3 Å². The summed E-state index contributed by atoms with van der Waals surface area (Å²) in [7, 11) is 3.42. The largest absolute Gasteiger partial charge is 0.497 e. The first-order valence-electron chi connectivity index (χ1n) is 10.1. The van der Waals surface area contributed by atoms with Crippen LogP contribution >= 0.6 is 0 Å². The molecule has 0 aromatic heterocycles. The zero-order valence-corrected chi connectivity index (χ0v) is 18.3. The second-order valence-corrected chi connectivity index (χ2v) is 7.49. The van der Waals surface area contributed by atoms with Gasteiger partial charge in [-0.05, 0) is 37.9 Å². The topological polar surface area (TPSA) is 108 Å². The Morgan fingerprint density at radius 3 is 2.20 bits per heavy atom. The van der Waals surface area contributed by atoms with Crippen LogP contribution in [0.15, 0.2) is 30.4 Å². The van der Waals surface area contributed by atoms with Gasteiger partial charge in [0.05, 0.1) is 14.2 Å². The number of carboxylic acid groups (broad SMARTS) is 2. The van der Waals surface area contributed by atoms with E-state index in [1.165, 1.54) is 18.4 Å². The smallest absolute Gasteiger partial charge is 0.328 e. The molecule has 1 aliphatic rings. The first kappa shape index (κ1) is 25.5. The van der Waals surface area contributed by atoms with Crippen LogP contribution in [-0.2, 0) is 16.1 Å². The molecule has 0 radical (unpaired) electrons. The minimum atomic E-state index is -1.26. The van der Waals surface area contributed by atoms with Crippen molar-refractivity contribution in [1.82, 2.24) is 10.2 Å². The second-order valence-electron chi connectivity index (χ2n) is 7.49. The number of carboxylic acids is 2. The molecule has 0 spiro atoms. The van der Waals surface area contributed by atoms with E-state index in [1.54, 1.807) is 14.2 Å². The highest BCUT2D eigenvalue weighted by molar-refractivity contribution is 5.89. The van der Waals surface area contributed by atoms with Crippen molar-refractivity contribution in [3.05, 3.63) is 35.9 Å². The molecule has 2 rings (SSSR count). The maximum atomic E-state index is 9.55. The van der Waals surface area contributed by atoms with Crippen molar-refractivity contribution in [2.24, 2.45) is 5.92 Å². The molecule has 3 N–H and O–H groups in total. The van der Waals surface area contributed by atoms with Gasteiger partial charge in [-0.15, -0.1) is 0 Å². The van der Waals surface area contributed by atoms with Crippen molar-refractivity contribution >= 4 is 11.9 Å². The summed E-state index contributed by atoms with van der Waals surface area (Å²) in [6, 6.07) is 6.79. The number of hydrogen-bond acceptors (Lipinski definition) is 6. The van der Waals surface area contributed by atoms with Crippen LogP contribution in [0.4, 0.5) is 0 Å². The van der Waals surface area contributed by atoms with Gasteiger partial charge in [-0.3, -0.25) is 4.90 Å². The van der Waals surface area contributed by atoms with Crippen molar-refractivity contribution < 1.29 is 29.3 Å². The monoisotopic (exact) mass is 422 g/mol. The number of nitrogens with one attached hydrogen (secondary N) is 1. The van der Waals surface area contributed by atoms with Crippen LogP contribution in [0.2, 0.25) is 0 Å². The third-order valence-corrected chi connectivity index (χ3v) is 4.66. The number of piperidine rings is 1. The van der Waals surface area contributed by atoms with Crippen LogP contribution in [0.25, 0.3) is 0 Å². The average molecular weight is 423 g/mol. The van der Waals surface area contributed by atoms with Crippen molar-refractivity contribution in [3.63, 3.8) is 0 Å². The molecule has 1 saturated heterocycles. The van der Waals surface area contributed by atoms with Gasteiger partial charge < -0.3 is 25.0 Å². The zero-order valence-electron chi connectivity index (χ0n) is 18.3. The molecule has 0 saturated carbocycles. The number of benzene rings is 1. The lowest BCUT2D eigenvalue weighted by molar-refractivity contribution is -0.134. The fourth-order valence-corrected chi connectivity index (χ4v) is 3.33. The summed E-state index contributed by atoms with van der Waals surface area (Å²) >= 11 is 0. The number of aliphatic carboxylic acids is 2. The number of rotatable bonds is 9. The van der Waals surface area contributed by atoms with E-state index in [2.05, 4.69) is 30.1 Å². The number of hydrogen-bond donors (Lipinski definition) is 3. The SMILES string of the molecule is COc1ccc(CN(CC(C)C)C2CCNCC2)c(OC)c1.O=C(O)/C=C/C(=O)O. The number of ether oxygens (including phenoxy) is 2. The Morgan fingerprint density at radius 1 is 1.13 bits per heavy atom. The molecule has 0 unspecified atom stereocenters. The normalized spacial score (nSPS) is 14.5. The molecule has 8 nitrogen and oxygen atoms in total. The van der Waals surface area contributed by atoms with E-state index in [0.717, 1.165) is 37.7 Å². The Bertz CT molecular complexity index is 683. The molecule has 0 atom stereocenters. The molecule has 0 aliphatic carbocycles. The average Bonchev–Trinajstić information content (AvgIpc) is 2.72. The minimum absolute atomic E-state index is 0.558. The fourth-order valence-electron chi connectivity index (χ4n) is 3.33. The maximum absolute atomic E-state index is 9.55. The molecule has 1 heterocycles. The van der Waals surface area contributed by atoms with Crippen LogP contribution < -0.4 is 14.8 Å². The molecule has 1 aromatic carbocycles. The molecule has 8 heteroatoms. The van der Waals surface area contributed by atoms with Crippen LogP contribution in [0.5, 0.6) is 11.5 Å². The first-order chi connectivity index (χ1) is 14.3. The third-order valence-electron chi connectivity index (χ3n) is 4.66. The Kier molecular flexibility index (Phi) is 11.5. The molecule has 30 heavy (non-hydrogen) atoms. The van der Waals surface area contributed by atoms with E-state index in [4.69, 9.17) is 19.7 Å². The van der Waals surface area contributed by atoms with Gasteiger partial charge in [-0.1, -0.05) is 19.9 Å². The van der Waals surface area contributed by atoms with E-state index in [1.807, 2.05) is 12.1 Å². The van der Waals surface area contributed by atoms with Gasteiger partial charge in [0.1, 0.15) is 11.5 Å².